The molecule has 2 aromatic carbocycles. The minimum absolute atomic E-state index is 0.122. The lowest BCUT2D eigenvalue weighted by molar-refractivity contribution is -0.120. The number of alkyl halides is 2. The van der Waals surface area contributed by atoms with Crippen molar-refractivity contribution in [2.45, 2.75) is 28.4 Å². The summed E-state index contributed by atoms with van der Waals surface area (Å²) in [5, 5.41) is 2.34. The standard InChI is InChI=1S/C19H19F3N2O5S2/c20-14-7-9-15(10-8-14)31(28,29)24-11-3-4-13(12-24)18(25)23-16-5-1-2-6-17(16)30(26,27)19(21)22/h1-2,5-10,13,19H,3-4,11-12H2,(H,23,25). The molecule has 1 atom stereocenters. The second-order valence-electron chi connectivity index (χ2n) is 6.95. The van der Waals surface area contributed by atoms with Crippen molar-refractivity contribution in [3.05, 3.63) is 54.3 Å². The molecule has 0 spiro atoms. The van der Waals surface area contributed by atoms with E-state index in [1.54, 1.807) is 0 Å². The number of para-hydroxylation sites is 1. The molecule has 168 valence electrons. The van der Waals surface area contributed by atoms with Crippen LogP contribution in [0.3, 0.4) is 0 Å². The van der Waals surface area contributed by atoms with Gasteiger partial charge in [0.05, 0.1) is 21.4 Å². The van der Waals surface area contributed by atoms with E-state index in [4.69, 9.17) is 0 Å². The van der Waals surface area contributed by atoms with Crippen LogP contribution in [0.15, 0.2) is 58.3 Å². The number of rotatable bonds is 6. The Kier molecular flexibility index (Phi) is 6.72. The van der Waals surface area contributed by atoms with E-state index in [9.17, 15) is 34.8 Å². The van der Waals surface area contributed by atoms with Crippen molar-refractivity contribution in [2.75, 3.05) is 18.4 Å². The van der Waals surface area contributed by atoms with Crippen LogP contribution in [0.25, 0.3) is 0 Å². The lowest BCUT2D eigenvalue weighted by atomic mass is 9.99. The third-order valence-corrected chi connectivity index (χ3v) is 8.21. The molecule has 1 saturated heterocycles. The van der Waals surface area contributed by atoms with Crippen molar-refractivity contribution < 1.29 is 34.8 Å². The third kappa shape index (κ3) is 4.91. The molecule has 1 N–H and O–H groups in total. The highest BCUT2D eigenvalue weighted by Gasteiger charge is 2.35. The van der Waals surface area contributed by atoms with E-state index >= 15 is 0 Å². The average molecular weight is 476 g/mol. The van der Waals surface area contributed by atoms with Crippen LogP contribution in [0.1, 0.15) is 12.8 Å². The van der Waals surface area contributed by atoms with Crippen molar-refractivity contribution in [3.63, 3.8) is 0 Å². The predicted molar refractivity (Wildman–Crippen MR) is 106 cm³/mol. The number of halogens is 3. The molecule has 3 rings (SSSR count). The summed E-state index contributed by atoms with van der Waals surface area (Å²) >= 11 is 0. The number of nitrogens with one attached hydrogen (secondary N) is 1. The van der Waals surface area contributed by atoms with Crippen molar-refractivity contribution in [3.8, 4) is 0 Å². The van der Waals surface area contributed by atoms with Crippen LogP contribution in [-0.2, 0) is 24.7 Å². The zero-order valence-corrected chi connectivity index (χ0v) is 17.7. The fourth-order valence-corrected chi connectivity index (χ4v) is 5.69. The molecule has 1 amide bonds. The second kappa shape index (κ2) is 8.97. The van der Waals surface area contributed by atoms with Crippen molar-refractivity contribution in [2.24, 2.45) is 5.92 Å². The van der Waals surface area contributed by atoms with Crippen LogP contribution >= 0.6 is 0 Å². The smallest absolute Gasteiger partial charge is 0.325 e. The van der Waals surface area contributed by atoms with Gasteiger partial charge in [-0.3, -0.25) is 4.79 Å². The molecule has 0 radical (unpaired) electrons. The van der Waals surface area contributed by atoms with Gasteiger partial charge >= 0.3 is 5.76 Å². The molecule has 0 bridgehead atoms. The summed E-state index contributed by atoms with van der Waals surface area (Å²) in [7, 11) is -8.91. The minimum atomic E-state index is -4.94. The van der Waals surface area contributed by atoms with E-state index < -0.39 is 48.2 Å². The van der Waals surface area contributed by atoms with E-state index in [1.807, 2.05) is 0 Å². The number of carbonyl (C=O) groups excluding carboxylic acids is 1. The summed E-state index contributed by atoms with van der Waals surface area (Å²) in [5.74, 6) is -5.76. The van der Waals surface area contributed by atoms with Gasteiger partial charge in [-0.2, -0.15) is 13.1 Å². The first-order valence-electron chi connectivity index (χ1n) is 9.21. The molecule has 12 heteroatoms. The molecule has 1 aliphatic rings. The van der Waals surface area contributed by atoms with Gasteiger partial charge in [0.25, 0.3) is 0 Å². The maximum atomic E-state index is 13.1. The van der Waals surface area contributed by atoms with Gasteiger partial charge in [0.2, 0.25) is 25.8 Å². The first-order valence-corrected chi connectivity index (χ1v) is 12.2. The van der Waals surface area contributed by atoms with Gasteiger partial charge in [0.1, 0.15) is 5.82 Å². The lowest BCUT2D eigenvalue weighted by Gasteiger charge is -2.31. The number of piperidine rings is 1. The summed E-state index contributed by atoms with van der Waals surface area (Å²) in [6, 6.07) is 9.06. The van der Waals surface area contributed by atoms with Crippen LogP contribution < -0.4 is 5.32 Å². The van der Waals surface area contributed by atoms with Gasteiger partial charge in [-0.25, -0.2) is 21.2 Å². The first-order chi connectivity index (χ1) is 14.5. The molecule has 0 saturated carbocycles. The molecule has 1 unspecified atom stereocenters. The molecule has 0 aliphatic carbocycles. The van der Waals surface area contributed by atoms with E-state index in [0.29, 0.717) is 12.8 Å². The number of sulfonamides is 1. The normalized spacial score (nSPS) is 18.1. The third-order valence-electron chi connectivity index (χ3n) is 4.89. The van der Waals surface area contributed by atoms with Gasteiger partial charge in [-0.05, 0) is 49.2 Å². The molecule has 1 fully saturated rings. The van der Waals surface area contributed by atoms with Crippen LogP contribution in [0.5, 0.6) is 0 Å². The highest BCUT2D eigenvalue weighted by atomic mass is 32.2. The Hall–Kier alpha value is -2.44. The maximum Gasteiger partial charge on any atom is 0.341 e. The fourth-order valence-electron chi connectivity index (χ4n) is 3.28. The second-order valence-corrected chi connectivity index (χ2v) is 10.8. The molecule has 1 heterocycles. The molecule has 31 heavy (non-hydrogen) atoms. The van der Waals surface area contributed by atoms with Crippen LogP contribution in [0, 0.1) is 11.7 Å². The Morgan fingerprint density at radius 1 is 1.03 bits per heavy atom. The first kappa shape index (κ1) is 23.2. The number of sulfone groups is 1. The molecular weight excluding hydrogens is 457 g/mol. The summed E-state index contributed by atoms with van der Waals surface area (Å²) in [5.41, 5.74) is -0.300. The van der Waals surface area contributed by atoms with Crippen LogP contribution in [-0.4, -0.2) is 45.9 Å². The van der Waals surface area contributed by atoms with E-state index in [1.165, 1.54) is 18.2 Å². The summed E-state index contributed by atoms with van der Waals surface area (Å²) in [6.45, 7) is -0.0326. The number of amides is 1. The van der Waals surface area contributed by atoms with Crippen LogP contribution in [0.2, 0.25) is 0 Å². The molecule has 1 aliphatic heterocycles. The number of hydrogen-bond acceptors (Lipinski definition) is 5. The number of hydrogen-bond donors (Lipinski definition) is 1. The SMILES string of the molecule is O=C(Nc1ccccc1S(=O)(=O)C(F)F)C1CCCN(S(=O)(=O)c2ccc(F)cc2)C1. The van der Waals surface area contributed by atoms with E-state index in [0.717, 1.165) is 34.6 Å². The Morgan fingerprint density at radius 2 is 1.68 bits per heavy atom. The van der Waals surface area contributed by atoms with E-state index in [-0.39, 0.29) is 23.7 Å². The minimum Gasteiger partial charge on any atom is -0.325 e. The van der Waals surface area contributed by atoms with Gasteiger partial charge in [0.15, 0.2) is 0 Å². The maximum absolute atomic E-state index is 13.1. The Balaban J connectivity index is 1.79. The number of benzene rings is 2. The monoisotopic (exact) mass is 476 g/mol. The van der Waals surface area contributed by atoms with Gasteiger partial charge < -0.3 is 5.32 Å². The molecule has 7 nitrogen and oxygen atoms in total. The molecule has 2 aromatic rings. The zero-order valence-electron chi connectivity index (χ0n) is 16.0. The average Bonchev–Trinajstić information content (AvgIpc) is 2.74. The number of carbonyl (C=O) groups is 1. The quantitative estimate of drug-likeness (QED) is 0.691. The highest BCUT2D eigenvalue weighted by molar-refractivity contribution is 7.91. The van der Waals surface area contributed by atoms with Gasteiger partial charge in [0, 0.05) is 13.1 Å². The number of nitrogens with zero attached hydrogens (tertiary/aromatic N) is 1. The van der Waals surface area contributed by atoms with Gasteiger partial charge in [-0.1, -0.05) is 12.1 Å². The highest BCUT2D eigenvalue weighted by Crippen LogP contribution is 2.29. The topological polar surface area (TPSA) is 101 Å². The van der Waals surface area contributed by atoms with Gasteiger partial charge in [-0.15, -0.1) is 0 Å². The predicted octanol–water partition coefficient (Wildman–Crippen LogP) is 2.86. The summed E-state index contributed by atoms with van der Waals surface area (Å²) in [4.78, 5) is 11.9. The Labute approximate surface area is 177 Å². The molecular formula is C19H19F3N2O5S2. The molecule has 0 aromatic heterocycles. The summed E-state index contributed by atoms with van der Waals surface area (Å²) < 4.78 is 89.4. The van der Waals surface area contributed by atoms with Crippen LogP contribution in [0.4, 0.5) is 18.9 Å². The number of anilines is 1. The summed E-state index contributed by atoms with van der Waals surface area (Å²) in [6.07, 6.45) is 0.681. The van der Waals surface area contributed by atoms with Crippen molar-refractivity contribution >= 4 is 31.5 Å². The Morgan fingerprint density at radius 3 is 2.32 bits per heavy atom. The van der Waals surface area contributed by atoms with E-state index in [2.05, 4.69) is 5.32 Å². The fraction of sp³-hybridized carbons (Fsp3) is 0.316. The zero-order chi connectivity index (χ0) is 22.8. The lowest BCUT2D eigenvalue weighted by Crippen LogP contribution is -2.43. The largest absolute Gasteiger partial charge is 0.341 e. The van der Waals surface area contributed by atoms with Crippen molar-refractivity contribution in [1.82, 2.24) is 4.31 Å². The Bertz CT molecular complexity index is 1170. The van der Waals surface area contributed by atoms with Crippen molar-refractivity contribution in [1.29, 1.82) is 0 Å².